The predicted octanol–water partition coefficient (Wildman–Crippen LogP) is 1.26. The van der Waals surface area contributed by atoms with Crippen molar-refractivity contribution >= 4 is 23.3 Å². The molecule has 0 fully saturated rings. The Morgan fingerprint density at radius 1 is 1.47 bits per heavy atom. The SMILES string of the molecule is COCC(NC(=O)NCc1cc(C)c(C)s1)C(=O)O. The summed E-state index contributed by atoms with van der Waals surface area (Å²) in [6.45, 7) is 4.33. The Hall–Kier alpha value is -1.60. The fourth-order valence-corrected chi connectivity index (χ4v) is 2.45. The van der Waals surface area contributed by atoms with Crippen LogP contribution in [0.2, 0.25) is 0 Å². The molecule has 2 amide bonds. The number of carbonyl (C=O) groups excluding carboxylic acids is 1. The zero-order valence-electron chi connectivity index (χ0n) is 11.1. The van der Waals surface area contributed by atoms with Gasteiger partial charge in [-0.15, -0.1) is 11.3 Å². The highest BCUT2D eigenvalue weighted by Gasteiger charge is 2.19. The maximum Gasteiger partial charge on any atom is 0.328 e. The zero-order valence-corrected chi connectivity index (χ0v) is 12.0. The minimum Gasteiger partial charge on any atom is -0.480 e. The van der Waals surface area contributed by atoms with E-state index in [2.05, 4.69) is 10.6 Å². The Morgan fingerprint density at radius 3 is 2.63 bits per heavy atom. The van der Waals surface area contributed by atoms with Crippen molar-refractivity contribution in [2.24, 2.45) is 0 Å². The first kappa shape index (κ1) is 15.5. The van der Waals surface area contributed by atoms with E-state index in [1.54, 1.807) is 11.3 Å². The van der Waals surface area contributed by atoms with Crippen molar-refractivity contribution in [2.75, 3.05) is 13.7 Å². The predicted molar refractivity (Wildman–Crippen MR) is 72.5 cm³/mol. The Morgan fingerprint density at radius 2 is 2.16 bits per heavy atom. The normalized spacial score (nSPS) is 11.9. The smallest absolute Gasteiger partial charge is 0.328 e. The summed E-state index contributed by atoms with van der Waals surface area (Å²) >= 11 is 1.61. The molecular weight excluding hydrogens is 268 g/mol. The number of amides is 2. The quantitative estimate of drug-likeness (QED) is 0.734. The number of nitrogens with one attached hydrogen (secondary N) is 2. The number of hydrogen-bond acceptors (Lipinski definition) is 4. The van der Waals surface area contributed by atoms with Crippen molar-refractivity contribution in [3.8, 4) is 0 Å². The van der Waals surface area contributed by atoms with Crippen LogP contribution < -0.4 is 10.6 Å². The molecule has 1 aromatic rings. The van der Waals surface area contributed by atoms with Gasteiger partial charge in [0.25, 0.3) is 0 Å². The van der Waals surface area contributed by atoms with Crippen molar-refractivity contribution in [1.29, 1.82) is 0 Å². The number of thiophene rings is 1. The van der Waals surface area contributed by atoms with E-state index < -0.39 is 18.0 Å². The van der Waals surface area contributed by atoms with Crippen LogP contribution in [0.1, 0.15) is 15.3 Å². The van der Waals surface area contributed by atoms with Crippen LogP contribution >= 0.6 is 11.3 Å². The topological polar surface area (TPSA) is 87.7 Å². The zero-order chi connectivity index (χ0) is 14.4. The van der Waals surface area contributed by atoms with Gasteiger partial charge in [-0.05, 0) is 25.5 Å². The molecule has 7 heteroatoms. The van der Waals surface area contributed by atoms with Crippen LogP contribution in [0.15, 0.2) is 6.07 Å². The third-order valence-electron chi connectivity index (χ3n) is 2.58. The van der Waals surface area contributed by atoms with E-state index in [1.165, 1.54) is 17.6 Å². The van der Waals surface area contributed by atoms with Gasteiger partial charge in [0.05, 0.1) is 13.2 Å². The molecule has 1 unspecified atom stereocenters. The first-order valence-corrected chi connectivity index (χ1v) is 6.57. The van der Waals surface area contributed by atoms with E-state index >= 15 is 0 Å². The first-order chi connectivity index (χ1) is 8.93. The molecular formula is C12H18N2O4S. The number of carbonyl (C=O) groups is 2. The molecule has 0 aliphatic rings. The molecule has 0 bridgehead atoms. The summed E-state index contributed by atoms with van der Waals surface area (Å²) in [7, 11) is 1.38. The summed E-state index contributed by atoms with van der Waals surface area (Å²) < 4.78 is 4.73. The summed E-state index contributed by atoms with van der Waals surface area (Å²) in [5, 5.41) is 13.8. The second-order valence-corrected chi connectivity index (χ2v) is 5.47. The number of urea groups is 1. The fraction of sp³-hybridized carbons (Fsp3) is 0.500. The summed E-state index contributed by atoms with van der Waals surface area (Å²) in [5.74, 6) is -1.13. The number of hydrogen-bond donors (Lipinski definition) is 3. The van der Waals surface area contributed by atoms with Crippen molar-refractivity contribution < 1.29 is 19.4 Å². The van der Waals surface area contributed by atoms with Crippen LogP contribution in [0.3, 0.4) is 0 Å². The highest BCUT2D eigenvalue weighted by molar-refractivity contribution is 7.12. The van der Waals surface area contributed by atoms with E-state index in [9.17, 15) is 9.59 Å². The van der Waals surface area contributed by atoms with E-state index in [4.69, 9.17) is 9.84 Å². The minimum absolute atomic E-state index is 0.0695. The summed E-state index contributed by atoms with van der Waals surface area (Å²) in [6, 6.07) is 0.439. The Kier molecular flexibility index (Phi) is 5.78. The van der Waals surface area contributed by atoms with Crippen LogP contribution in [0.25, 0.3) is 0 Å². The number of carboxylic acids is 1. The molecule has 0 saturated carbocycles. The lowest BCUT2D eigenvalue weighted by Crippen LogP contribution is -2.47. The molecule has 0 aliphatic carbocycles. The van der Waals surface area contributed by atoms with Gasteiger partial charge in [0.1, 0.15) is 0 Å². The van der Waals surface area contributed by atoms with Gasteiger partial charge >= 0.3 is 12.0 Å². The number of aryl methyl sites for hydroxylation is 2. The van der Waals surface area contributed by atoms with Crippen LogP contribution in [-0.4, -0.2) is 36.9 Å². The molecule has 0 aromatic carbocycles. The molecule has 0 saturated heterocycles. The first-order valence-electron chi connectivity index (χ1n) is 5.76. The Balaban J connectivity index is 2.44. The van der Waals surface area contributed by atoms with E-state index in [1.807, 2.05) is 19.9 Å². The number of carboxylic acid groups (broad SMARTS) is 1. The van der Waals surface area contributed by atoms with Crippen LogP contribution in [-0.2, 0) is 16.1 Å². The van der Waals surface area contributed by atoms with E-state index in [-0.39, 0.29) is 6.61 Å². The van der Waals surface area contributed by atoms with Crippen molar-refractivity contribution in [1.82, 2.24) is 10.6 Å². The van der Waals surface area contributed by atoms with E-state index in [0.717, 1.165) is 4.88 Å². The van der Waals surface area contributed by atoms with Gasteiger partial charge in [0, 0.05) is 16.9 Å². The monoisotopic (exact) mass is 286 g/mol. The van der Waals surface area contributed by atoms with Crippen molar-refractivity contribution in [2.45, 2.75) is 26.4 Å². The van der Waals surface area contributed by atoms with Crippen LogP contribution in [0.4, 0.5) is 4.79 Å². The van der Waals surface area contributed by atoms with Gasteiger partial charge in [-0.3, -0.25) is 0 Å². The van der Waals surface area contributed by atoms with Crippen LogP contribution in [0.5, 0.6) is 0 Å². The molecule has 3 N–H and O–H groups in total. The second-order valence-electron chi connectivity index (χ2n) is 4.13. The average Bonchev–Trinajstić information content (AvgIpc) is 2.65. The Bertz CT molecular complexity index is 439. The second kappa shape index (κ2) is 7.10. The number of aliphatic carboxylic acids is 1. The lowest BCUT2D eigenvalue weighted by molar-refractivity contribution is -0.140. The molecule has 19 heavy (non-hydrogen) atoms. The van der Waals surface area contributed by atoms with Crippen molar-refractivity contribution in [3.63, 3.8) is 0 Å². The van der Waals surface area contributed by atoms with Gasteiger partial charge in [-0.1, -0.05) is 0 Å². The average molecular weight is 286 g/mol. The van der Waals surface area contributed by atoms with Crippen LogP contribution in [0, 0.1) is 13.8 Å². The van der Waals surface area contributed by atoms with Gasteiger partial charge < -0.3 is 20.5 Å². The summed E-state index contributed by atoms with van der Waals surface area (Å²) in [5.41, 5.74) is 1.19. The van der Waals surface area contributed by atoms with Gasteiger partial charge in [-0.2, -0.15) is 0 Å². The molecule has 0 radical (unpaired) electrons. The van der Waals surface area contributed by atoms with Gasteiger partial charge in [-0.25, -0.2) is 9.59 Å². The lowest BCUT2D eigenvalue weighted by Gasteiger charge is -2.13. The highest BCUT2D eigenvalue weighted by Crippen LogP contribution is 2.20. The number of rotatable bonds is 6. The molecule has 6 nitrogen and oxygen atoms in total. The van der Waals surface area contributed by atoms with Gasteiger partial charge in [0.2, 0.25) is 0 Å². The van der Waals surface area contributed by atoms with Crippen molar-refractivity contribution in [3.05, 3.63) is 21.4 Å². The number of methoxy groups -OCH3 is 1. The molecule has 1 heterocycles. The molecule has 1 aromatic heterocycles. The molecule has 0 spiro atoms. The molecule has 0 aliphatic heterocycles. The Labute approximate surface area is 115 Å². The summed E-state index contributed by atoms with van der Waals surface area (Å²) in [6.07, 6.45) is 0. The third kappa shape index (κ3) is 4.88. The maximum absolute atomic E-state index is 11.6. The summed E-state index contributed by atoms with van der Waals surface area (Å²) in [4.78, 5) is 24.6. The maximum atomic E-state index is 11.6. The van der Waals surface area contributed by atoms with Gasteiger partial charge in [0.15, 0.2) is 6.04 Å². The molecule has 106 valence electrons. The lowest BCUT2D eigenvalue weighted by atomic mass is 10.3. The largest absolute Gasteiger partial charge is 0.480 e. The highest BCUT2D eigenvalue weighted by atomic mass is 32.1. The van der Waals surface area contributed by atoms with E-state index in [0.29, 0.717) is 6.54 Å². The number of ether oxygens (including phenoxy) is 1. The standard InChI is InChI=1S/C12H18N2O4S/c1-7-4-9(19-8(7)2)5-13-12(17)14-10(6-18-3)11(15)16/h4,10H,5-6H2,1-3H3,(H,15,16)(H2,13,14,17). The minimum atomic E-state index is -1.13. The third-order valence-corrected chi connectivity index (χ3v) is 3.73. The molecule has 1 rings (SSSR count). The molecule has 1 atom stereocenters. The fourth-order valence-electron chi connectivity index (χ4n) is 1.45.